The minimum absolute atomic E-state index is 0.0255. The van der Waals surface area contributed by atoms with Crippen LogP contribution in [-0.4, -0.2) is 59.5 Å². The Morgan fingerprint density at radius 1 is 1.10 bits per heavy atom. The quantitative estimate of drug-likeness (QED) is 0.510. The molecule has 0 radical (unpaired) electrons. The molecule has 1 heterocycles. The maximum atomic E-state index is 13.2. The van der Waals surface area contributed by atoms with Gasteiger partial charge in [-0.05, 0) is 46.6 Å². The summed E-state index contributed by atoms with van der Waals surface area (Å²) in [5.41, 5.74) is 1.61. The van der Waals surface area contributed by atoms with E-state index in [0.717, 1.165) is 18.5 Å². The summed E-state index contributed by atoms with van der Waals surface area (Å²) >= 11 is 3.43. The third-order valence-corrected chi connectivity index (χ3v) is 5.51. The van der Waals surface area contributed by atoms with E-state index in [1.807, 2.05) is 53.0 Å². The molecule has 2 amide bonds. The van der Waals surface area contributed by atoms with E-state index in [1.165, 1.54) is 0 Å². The minimum atomic E-state index is -0.183. The molecule has 0 N–H and O–H groups in total. The second-order valence-electron chi connectivity index (χ2n) is 6.98. The summed E-state index contributed by atoms with van der Waals surface area (Å²) in [4.78, 5) is 29.6. The van der Waals surface area contributed by atoms with E-state index in [4.69, 9.17) is 4.74 Å². The molecule has 0 saturated carbocycles. The van der Waals surface area contributed by atoms with E-state index in [2.05, 4.69) is 22.9 Å². The molecule has 0 aliphatic rings. The van der Waals surface area contributed by atoms with Gasteiger partial charge >= 0.3 is 0 Å². The second kappa shape index (κ2) is 11.8. The number of aromatic nitrogens is 1. The van der Waals surface area contributed by atoms with Gasteiger partial charge < -0.3 is 19.1 Å². The summed E-state index contributed by atoms with van der Waals surface area (Å²) in [5.74, 6) is -0.242. The Hall–Kier alpha value is -2.12. The third-order valence-electron chi connectivity index (χ3n) is 4.82. The van der Waals surface area contributed by atoms with Crippen molar-refractivity contribution >= 4 is 27.7 Å². The summed E-state index contributed by atoms with van der Waals surface area (Å²) in [5, 5.41) is 0. The summed E-state index contributed by atoms with van der Waals surface area (Å²) in [6.45, 7) is 4.06. The molecule has 0 aliphatic carbocycles. The molecule has 0 saturated heterocycles. The lowest BCUT2D eigenvalue weighted by Gasteiger charge is -2.28. The first kappa shape index (κ1) is 23.2. The molecular formula is C22H30BrN3O3. The molecule has 158 valence electrons. The summed E-state index contributed by atoms with van der Waals surface area (Å²) in [6, 6.07) is 11.2. The van der Waals surface area contributed by atoms with Gasteiger partial charge in [-0.15, -0.1) is 0 Å². The van der Waals surface area contributed by atoms with Crippen molar-refractivity contribution < 1.29 is 14.3 Å². The fraction of sp³-hybridized carbons (Fsp3) is 0.455. The van der Waals surface area contributed by atoms with Crippen LogP contribution in [0.1, 0.15) is 35.8 Å². The van der Waals surface area contributed by atoms with Crippen LogP contribution in [-0.2, 0) is 23.1 Å². The Morgan fingerprint density at radius 3 is 2.48 bits per heavy atom. The molecular weight excluding hydrogens is 434 g/mol. The zero-order valence-electron chi connectivity index (χ0n) is 17.4. The van der Waals surface area contributed by atoms with Crippen LogP contribution in [0.2, 0.25) is 0 Å². The number of hydrogen-bond donors (Lipinski definition) is 0. The second-order valence-corrected chi connectivity index (χ2v) is 7.83. The van der Waals surface area contributed by atoms with Gasteiger partial charge in [0.2, 0.25) is 5.91 Å². The van der Waals surface area contributed by atoms with Crippen molar-refractivity contribution in [2.45, 2.75) is 26.3 Å². The number of unbranched alkanes of at least 4 members (excludes halogenated alkanes) is 1. The van der Waals surface area contributed by atoms with Gasteiger partial charge in [0.15, 0.2) is 0 Å². The molecule has 29 heavy (non-hydrogen) atoms. The maximum Gasteiger partial charge on any atom is 0.255 e. The molecule has 1 aromatic heterocycles. The molecule has 0 fully saturated rings. The minimum Gasteiger partial charge on any atom is -0.383 e. The molecule has 0 atom stereocenters. The Morgan fingerprint density at radius 2 is 1.86 bits per heavy atom. The van der Waals surface area contributed by atoms with Gasteiger partial charge in [-0.1, -0.05) is 25.5 Å². The maximum absolute atomic E-state index is 13.2. The normalized spacial score (nSPS) is 10.8. The van der Waals surface area contributed by atoms with Crippen LogP contribution in [0.5, 0.6) is 0 Å². The molecule has 6 nitrogen and oxygen atoms in total. The van der Waals surface area contributed by atoms with E-state index >= 15 is 0 Å². The molecule has 0 bridgehead atoms. The lowest BCUT2D eigenvalue weighted by Crippen LogP contribution is -2.44. The molecule has 1 aromatic carbocycles. The van der Waals surface area contributed by atoms with E-state index in [-0.39, 0.29) is 18.4 Å². The number of aryl methyl sites for hydroxylation is 1. The van der Waals surface area contributed by atoms with Crippen molar-refractivity contribution in [2.24, 2.45) is 7.05 Å². The van der Waals surface area contributed by atoms with Crippen LogP contribution in [0, 0.1) is 0 Å². The van der Waals surface area contributed by atoms with Gasteiger partial charge in [-0.25, -0.2) is 0 Å². The standard InChI is InChI=1S/C22H30BrN3O3/c1-4-5-13-25(16-18-9-8-12-24(18)2)21(27)17-26(14-15-29-3)22(28)19-10-6-7-11-20(19)23/h6-12H,4-5,13-17H2,1-3H3. The van der Waals surface area contributed by atoms with Crippen molar-refractivity contribution in [1.29, 1.82) is 0 Å². The van der Waals surface area contributed by atoms with Crippen LogP contribution >= 0.6 is 15.9 Å². The van der Waals surface area contributed by atoms with E-state index in [9.17, 15) is 9.59 Å². The van der Waals surface area contributed by atoms with Gasteiger partial charge in [0, 0.05) is 43.6 Å². The molecule has 0 spiro atoms. The van der Waals surface area contributed by atoms with Gasteiger partial charge in [-0.2, -0.15) is 0 Å². The third kappa shape index (κ3) is 6.72. The molecule has 0 unspecified atom stereocenters. The summed E-state index contributed by atoms with van der Waals surface area (Å²) in [6.07, 6.45) is 3.89. The SMILES string of the molecule is CCCCN(Cc1cccn1C)C(=O)CN(CCOC)C(=O)c1ccccc1Br. The van der Waals surface area contributed by atoms with Gasteiger partial charge in [0.1, 0.15) is 6.54 Å². The van der Waals surface area contributed by atoms with Crippen molar-refractivity contribution in [3.8, 4) is 0 Å². The van der Waals surface area contributed by atoms with E-state index in [0.29, 0.717) is 36.3 Å². The monoisotopic (exact) mass is 463 g/mol. The Kier molecular flexibility index (Phi) is 9.41. The van der Waals surface area contributed by atoms with Crippen LogP contribution in [0.25, 0.3) is 0 Å². The number of benzene rings is 1. The van der Waals surface area contributed by atoms with Crippen LogP contribution in [0.15, 0.2) is 47.1 Å². The summed E-state index contributed by atoms with van der Waals surface area (Å²) < 4.78 is 7.89. The van der Waals surface area contributed by atoms with Gasteiger partial charge in [0.05, 0.1) is 18.7 Å². The zero-order valence-corrected chi connectivity index (χ0v) is 19.0. The molecule has 0 aliphatic heterocycles. The van der Waals surface area contributed by atoms with Gasteiger partial charge in [-0.3, -0.25) is 9.59 Å². The predicted octanol–water partition coefficient (Wildman–Crippen LogP) is 3.71. The first-order valence-electron chi connectivity index (χ1n) is 9.88. The lowest BCUT2D eigenvalue weighted by atomic mass is 10.2. The van der Waals surface area contributed by atoms with Crippen LogP contribution in [0.3, 0.4) is 0 Å². The number of amides is 2. The number of carbonyl (C=O) groups excluding carboxylic acids is 2. The van der Waals surface area contributed by atoms with Crippen LogP contribution in [0.4, 0.5) is 0 Å². The predicted molar refractivity (Wildman–Crippen MR) is 118 cm³/mol. The van der Waals surface area contributed by atoms with E-state index in [1.54, 1.807) is 18.1 Å². The van der Waals surface area contributed by atoms with Gasteiger partial charge in [0.25, 0.3) is 5.91 Å². The highest BCUT2D eigenvalue weighted by atomic mass is 79.9. The average molecular weight is 464 g/mol. The number of methoxy groups -OCH3 is 1. The molecule has 2 aromatic rings. The number of hydrogen-bond acceptors (Lipinski definition) is 3. The number of ether oxygens (including phenoxy) is 1. The number of carbonyl (C=O) groups is 2. The fourth-order valence-corrected chi connectivity index (χ4v) is 3.47. The van der Waals surface area contributed by atoms with E-state index < -0.39 is 0 Å². The molecule has 2 rings (SSSR count). The molecule has 7 heteroatoms. The Bertz CT molecular complexity index is 806. The zero-order chi connectivity index (χ0) is 21.2. The fourth-order valence-electron chi connectivity index (χ4n) is 3.02. The first-order valence-corrected chi connectivity index (χ1v) is 10.7. The number of nitrogens with zero attached hydrogens (tertiary/aromatic N) is 3. The highest BCUT2D eigenvalue weighted by Gasteiger charge is 2.23. The first-order chi connectivity index (χ1) is 14.0. The highest BCUT2D eigenvalue weighted by Crippen LogP contribution is 2.18. The highest BCUT2D eigenvalue weighted by molar-refractivity contribution is 9.10. The number of halogens is 1. The van der Waals surface area contributed by atoms with Crippen molar-refractivity contribution in [3.05, 3.63) is 58.3 Å². The number of rotatable bonds is 11. The van der Waals surface area contributed by atoms with Crippen LogP contribution < -0.4 is 0 Å². The smallest absolute Gasteiger partial charge is 0.255 e. The average Bonchev–Trinajstić information content (AvgIpc) is 3.12. The van der Waals surface area contributed by atoms with Crippen molar-refractivity contribution in [1.82, 2.24) is 14.4 Å². The van der Waals surface area contributed by atoms with Crippen molar-refractivity contribution in [2.75, 3.05) is 33.4 Å². The topological polar surface area (TPSA) is 54.8 Å². The summed E-state index contributed by atoms with van der Waals surface area (Å²) in [7, 11) is 3.56. The lowest BCUT2D eigenvalue weighted by molar-refractivity contribution is -0.132. The largest absolute Gasteiger partial charge is 0.383 e. The Balaban J connectivity index is 2.17. The Labute approximate surface area is 181 Å². The van der Waals surface area contributed by atoms with Crippen molar-refractivity contribution in [3.63, 3.8) is 0 Å².